The number of halogens is 2. The number of benzene rings is 3. The van der Waals surface area contributed by atoms with Crippen molar-refractivity contribution in [3.05, 3.63) is 99.6 Å². The summed E-state index contributed by atoms with van der Waals surface area (Å²) in [4.78, 5) is 35.5. The number of carbonyl (C=O) groups is 1. The van der Waals surface area contributed by atoms with Crippen LogP contribution in [0.5, 0.6) is 0 Å². The average Bonchev–Trinajstić information content (AvgIpc) is 2.94. The maximum atomic E-state index is 13.4. The quantitative estimate of drug-likeness (QED) is 0.158. The fraction of sp³-hybridized carbons (Fsp3) is 0.276. The van der Waals surface area contributed by atoms with Crippen molar-refractivity contribution < 1.29 is 9.18 Å². The molecule has 1 aromatic heterocycles. The van der Waals surface area contributed by atoms with Gasteiger partial charge in [-0.25, -0.2) is 9.37 Å². The van der Waals surface area contributed by atoms with Gasteiger partial charge in [-0.2, -0.15) is 0 Å². The number of fused-ring (bicyclic) bond motifs is 1. The van der Waals surface area contributed by atoms with Crippen LogP contribution in [0.2, 0.25) is 5.02 Å². The molecule has 0 saturated carbocycles. The van der Waals surface area contributed by atoms with E-state index in [9.17, 15) is 14.0 Å². The zero-order chi connectivity index (χ0) is 26.5. The Hall–Kier alpha value is -3.20. The number of anilines is 1. The Morgan fingerprint density at radius 1 is 0.947 bits per heavy atom. The molecule has 196 valence electrons. The molecular formula is C29H28ClFN4O2S. The summed E-state index contributed by atoms with van der Waals surface area (Å²) in [5.74, 6) is -0.409. The highest BCUT2D eigenvalue weighted by Gasteiger charge is 2.18. The van der Waals surface area contributed by atoms with Crippen molar-refractivity contribution >= 4 is 45.7 Å². The average molecular weight is 551 g/mol. The van der Waals surface area contributed by atoms with E-state index in [0.29, 0.717) is 28.2 Å². The van der Waals surface area contributed by atoms with E-state index in [4.69, 9.17) is 16.6 Å². The summed E-state index contributed by atoms with van der Waals surface area (Å²) in [5, 5.41) is 1.83. The van der Waals surface area contributed by atoms with Gasteiger partial charge < -0.3 is 4.90 Å². The second-order valence-electron chi connectivity index (χ2n) is 9.25. The van der Waals surface area contributed by atoms with Crippen molar-refractivity contribution in [2.24, 2.45) is 0 Å². The van der Waals surface area contributed by atoms with Crippen molar-refractivity contribution in [1.29, 1.82) is 0 Å². The second kappa shape index (κ2) is 12.1. The topological polar surface area (TPSA) is 58.4 Å². The van der Waals surface area contributed by atoms with Crippen molar-refractivity contribution in [3.63, 3.8) is 0 Å². The molecule has 0 aliphatic carbocycles. The highest BCUT2D eigenvalue weighted by atomic mass is 35.5. The number of hydrogen-bond acceptors (Lipinski definition) is 6. The summed E-state index contributed by atoms with van der Waals surface area (Å²) in [7, 11) is 0. The summed E-state index contributed by atoms with van der Waals surface area (Å²) < 4.78 is 14.9. The molecule has 2 heterocycles. The van der Waals surface area contributed by atoms with E-state index in [-0.39, 0.29) is 22.9 Å². The Morgan fingerprint density at radius 2 is 1.71 bits per heavy atom. The van der Waals surface area contributed by atoms with Gasteiger partial charge in [0, 0.05) is 49.0 Å². The number of para-hydroxylation sites is 1. The molecule has 0 unspecified atom stereocenters. The molecule has 0 radical (unpaired) electrons. The van der Waals surface area contributed by atoms with Crippen LogP contribution in [-0.2, 0) is 6.54 Å². The number of thioether (sulfide) groups is 1. The molecule has 0 atom stereocenters. The standard InChI is InChI=1S/C29H28ClFN4O2S/c30-22-5-3-6-24(19-22)34-17-15-33(16-18-34)13-4-14-35-28(37)25-7-1-2-8-26(25)32-29(35)38-20-27(36)21-9-11-23(31)12-10-21/h1-3,5-12,19H,4,13-18,20H2. The number of rotatable bonds is 9. The summed E-state index contributed by atoms with van der Waals surface area (Å²) >= 11 is 7.40. The molecule has 1 aliphatic rings. The fourth-order valence-corrected chi connectivity index (χ4v) is 5.76. The van der Waals surface area contributed by atoms with Crippen LogP contribution in [0, 0.1) is 5.82 Å². The zero-order valence-corrected chi connectivity index (χ0v) is 22.4. The van der Waals surface area contributed by atoms with Crippen LogP contribution in [0.25, 0.3) is 10.9 Å². The molecule has 0 bridgehead atoms. The van der Waals surface area contributed by atoms with Crippen LogP contribution in [0.3, 0.4) is 0 Å². The van der Waals surface area contributed by atoms with Gasteiger partial charge in [-0.15, -0.1) is 0 Å². The van der Waals surface area contributed by atoms with Crippen LogP contribution < -0.4 is 10.5 Å². The number of nitrogens with zero attached hydrogens (tertiary/aromatic N) is 4. The van der Waals surface area contributed by atoms with Crippen LogP contribution in [0.4, 0.5) is 10.1 Å². The lowest BCUT2D eigenvalue weighted by molar-refractivity contribution is 0.102. The Kier molecular flexibility index (Phi) is 8.42. The molecule has 0 spiro atoms. The van der Waals surface area contributed by atoms with Gasteiger partial charge in [-0.3, -0.25) is 19.1 Å². The first-order chi connectivity index (χ1) is 18.5. The van der Waals surface area contributed by atoms with Gasteiger partial charge in [-0.1, -0.05) is 41.6 Å². The predicted octanol–water partition coefficient (Wildman–Crippen LogP) is 5.38. The van der Waals surface area contributed by atoms with Gasteiger partial charge in [0.15, 0.2) is 10.9 Å². The molecule has 0 amide bonds. The Bertz CT molecular complexity index is 1490. The number of piperazine rings is 1. The third kappa shape index (κ3) is 6.26. The third-order valence-corrected chi connectivity index (χ3v) is 7.94. The van der Waals surface area contributed by atoms with E-state index < -0.39 is 0 Å². The van der Waals surface area contributed by atoms with E-state index in [0.717, 1.165) is 49.9 Å². The van der Waals surface area contributed by atoms with Gasteiger partial charge in [-0.05, 0) is 67.6 Å². The first kappa shape index (κ1) is 26.4. The lowest BCUT2D eigenvalue weighted by atomic mass is 10.1. The molecule has 3 aromatic carbocycles. The number of Topliss-reactive ketones (excluding diaryl/α,β-unsaturated/α-hetero) is 1. The Labute approximate surface area is 230 Å². The van der Waals surface area contributed by atoms with Crippen molar-refractivity contribution in [2.75, 3.05) is 43.4 Å². The van der Waals surface area contributed by atoms with Crippen LogP contribution >= 0.6 is 23.4 Å². The monoisotopic (exact) mass is 550 g/mol. The van der Waals surface area contributed by atoms with Gasteiger partial charge in [0.25, 0.3) is 5.56 Å². The van der Waals surface area contributed by atoms with E-state index in [2.05, 4.69) is 15.9 Å². The molecule has 5 rings (SSSR count). The number of hydrogen-bond donors (Lipinski definition) is 0. The number of ketones is 1. The summed E-state index contributed by atoms with van der Waals surface area (Å²) in [5.41, 5.74) is 2.09. The van der Waals surface area contributed by atoms with Gasteiger partial charge in [0.05, 0.1) is 16.7 Å². The highest BCUT2D eigenvalue weighted by molar-refractivity contribution is 7.99. The smallest absolute Gasteiger partial charge is 0.262 e. The number of aromatic nitrogens is 2. The normalized spacial score (nSPS) is 14.2. The number of carbonyl (C=O) groups excluding carboxylic acids is 1. The summed E-state index contributed by atoms with van der Waals surface area (Å²) in [6.07, 6.45) is 0.788. The van der Waals surface area contributed by atoms with Crippen LogP contribution in [0.15, 0.2) is 82.7 Å². The maximum Gasteiger partial charge on any atom is 0.262 e. The lowest BCUT2D eigenvalue weighted by Gasteiger charge is -2.36. The largest absolute Gasteiger partial charge is 0.369 e. The maximum absolute atomic E-state index is 13.4. The minimum atomic E-state index is -0.384. The fourth-order valence-electron chi connectivity index (χ4n) is 4.66. The Morgan fingerprint density at radius 3 is 2.47 bits per heavy atom. The van der Waals surface area contributed by atoms with E-state index >= 15 is 0 Å². The predicted molar refractivity (Wildman–Crippen MR) is 152 cm³/mol. The first-order valence-electron chi connectivity index (χ1n) is 12.6. The Balaban J connectivity index is 1.24. The summed E-state index contributed by atoms with van der Waals surface area (Å²) in [6.45, 7) is 5.09. The van der Waals surface area contributed by atoms with Crippen molar-refractivity contribution in [3.8, 4) is 0 Å². The first-order valence-corrected chi connectivity index (χ1v) is 14.0. The van der Waals surface area contributed by atoms with Crippen LogP contribution in [-0.4, -0.2) is 58.7 Å². The molecule has 38 heavy (non-hydrogen) atoms. The second-order valence-corrected chi connectivity index (χ2v) is 10.6. The van der Waals surface area contributed by atoms with E-state index in [1.807, 2.05) is 36.4 Å². The molecule has 0 N–H and O–H groups in total. The summed E-state index contributed by atoms with van der Waals surface area (Å²) in [6, 6.07) is 20.7. The molecule has 1 aliphatic heterocycles. The minimum Gasteiger partial charge on any atom is -0.369 e. The lowest BCUT2D eigenvalue weighted by Crippen LogP contribution is -2.46. The molecule has 1 fully saturated rings. The van der Waals surface area contributed by atoms with Gasteiger partial charge in [0.2, 0.25) is 0 Å². The van der Waals surface area contributed by atoms with Gasteiger partial charge in [0.1, 0.15) is 5.82 Å². The van der Waals surface area contributed by atoms with E-state index in [1.165, 1.54) is 36.0 Å². The molecule has 9 heteroatoms. The molecule has 1 saturated heterocycles. The minimum absolute atomic E-state index is 0.0990. The van der Waals surface area contributed by atoms with E-state index in [1.54, 1.807) is 10.6 Å². The molecule has 6 nitrogen and oxygen atoms in total. The highest BCUT2D eigenvalue weighted by Crippen LogP contribution is 2.22. The molecule has 4 aromatic rings. The third-order valence-electron chi connectivity index (χ3n) is 6.73. The zero-order valence-electron chi connectivity index (χ0n) is 20.9. The van der Waals surface area contributed by atoms with Crippen LogP contribution in [0.1, 0.15) is 16.8 Å². The molecular weight excluding hydrogens is 523 g/mol. The van der Waals surface area contributed by atoms with Crippen molar-refractivity contribution in [2.45, 2.75) is 18.1 Å². The SMILES string of the molecule is O=C(CSc1nc2ccccc2c(=O)n1CCCN1CCN(c2cccc(Cl)c2)CC1)c1ccc(F)cc1. The van der Waals surface area contributed by atoms with Gasteiger partial charge >= 0.3 is 0 Å². The van der Waals surface area contributed by atoms with Crippen molar-refractivity contribution in [1.82, 2.24) is 14.5 Å².